The molecule has 5 heteroatoms. The van der Waals surface area contributed by atoms with Crippen molar-refractivity contribution in [2.75, 3.05) is 19.5 Å². The van der Waals surface area contributed by atoms with Gasteiger partial charge >= 0.3 is 0 Å². The molecule has 142 valence electrons. The van der Waals surface area contributed by atoms with Gasteiger partial charge in [-0.3, -0.25) is 4.79 Å². The molecule has 0 radical (unpaired) electrons. The van der Waals surface area contributed by atoms with Gasteiger partial charge in [0.05, 0.1) is 14.2 Å². The van der Waals surface area contributed by atoms with Crippen LogP contribution < -0.4 is 19.5 Å². The van der Waals surface area contributed by atoms with E-state index in [1.807, 2.05) is 66.7 Å². The minimum atomic E-state index is -0.0946. The summed E-state index contributed by atoms with van der Waals surface area (Å²) in [6.07, 6.45) is 0.358. The Morgan fingerprint density at radius 2 is 1.57 bits per heavy atom. The third kappa shape index (κ3) is 3.51. The molecule has 0 saturated heterocycles. The lowest BCUT2D eigenvalue weighted by atomic mass is 9.84. The number of anilines is 1. The Labute approximate surface area is 163 Å². The number of methoxy groups -OCH3 is 2. The van der Waals surface area contributed by atoms with Crippen LogP contribution in [0.3, 0.4) is 0 Å². The quantitative estimate of drug-likeness (QED) is 0.684. The van der Waals surface area contributed by atoms with Crippen molar-refractivity contribution in [3.8, 4) is 23.0 Å². The number of carbonyl (C=O) groups excluding carboxylic acids is 1. The van der Waals surface area contributed by atoms with E-state index in [1.54, 1.807) is 14.2 Å². The number of hydrogen-bond donors (Lipinski definition) is 1. The Kier molecular flexibility index (Phi) is 4.89. The lowest BCUT2D eigenvalue weighted by Gasteiger charge is -2.27. The summed E-state index contributed by atoms with van der Waals surface area (Å²) in [5, 5.41) is 2.93. The predicted molar refractivity (Wildman–Crippen MR) is 108 cm³/mol. The van der Waals surface area contributed by atoms with Gasteiger partial charge in [0.25, 0.3) is 0 Å². The predicted octanol–water partition coefficient (Wildman–Crippen LogP) is 4.97. The second kappa shape index (κ2) is 7.64. The Balaban J connectivity index is 1.72. The van der Waals surface area contributed by atoms with Gasteiger partial charge in [0.1, 0.15) is 11.5 Å². The molecule has 1 atom stereocenters. The third-order valence-corrected chi connectivity index (χ3v) is 4.83. The maximum Gasteiger partial charge on any atom is 0.225 e. The molecule has 3 aromatic rings. The highest BCUT2D eigenvalue weighted by Gasteiger charge is 2.28. The van der Waals surface area contributed by atoms with Crippen molar-refractivity contribution in [2.45, 2.75) is 12.3 Å². The number of carbonyl (C=O) groups is 1. The SMILES string of the molecule is COc1cc2c(cc1OC)[C@@H](c1cccc(Oc3ccccc3)c1)CC(=O)N2. The van der Waals surface area contributed by atoms with Crippen LogP contribution in [0.15, 0.2) is 66.7 Å². The Morgan fingerprint density at radius 3 is 2.32 bits per heavy atom. The first kappa shape index (κ1) is 17.9. The lowest BCUT2D eigenvalue weighted by Crippen LogP contribution is -2.23. The molecule has 4 rings (SSSR count). The number of para-hydroxylation sites is 1. The topological polar surface area (TPSA) is 56.8 Å². The Morgan fingerprint density at radius 1 is 0.857 bits per heavy atom. The molecular weight excluding hydrogens is 354 g/mol. The molecule has 0 bridgehead atoms. The summed E-state index contributed by atoms with van der Waals surface area (Å²) in [7, 11) is 3.19. The minimum Gasteiger partial charge on any atom is -0.493 e. The first-order valence-corrected chi connectivity index (χ1v) is 9.06. The molecule has 0 unspecified atom stereocenters. The van der Waals surface area contributed by atoms with Crippen LogP contribution >= 0.6 is 0 Å². The van der Waals surface area contributed by atoms with Crippen molar-refractivity contribution in [2.24, 2.45) is 0 Å². The van der Waals surface area contributed by atoms with E-state index in [-0.39, 0.29) is 11.8 Å². The fraction of sp³-hybridized carbons (Fsp3) is 0.174. The highest BCUT2D eigenvalue weighted by atomic mass is 16.5. The third-order valence-electron chi connectivity index (χ3n) is 4.83. The highest BCUT2D eigenvalue weighted by Crippen LogP contribution is 2.43. The van der Waals surface area contributed by atoms with Crippen LogP contribution in [0, 0.1) is 0 Å². The standard InChI is InChI=1S/C23H21NO4/c1-26-21-12-19-18(13-23(25)24-20(19)14-22(21)27-2)15-7-6-10-17(11-15)28-16-8-4-3-5-9-16/h3-12,14,18H,13H2,1-2H3,(H,24,25)/t18-/m1/s1. The molecule has 3 aromatic carbocycles. The summed E-state index contributed by atoms with van der Waals surface area (Å²) in [5.74, 6) is 2.61. The van der Waals surface area contributed by atoms with Crippen LogP contribution in [0.2, 0.25) is 0 Å². The molecule has 1 amide bonds. The zero-order chi connectivity index (χ0) is 19.5. The lowest BCUT2D eigenvalue weighted by molar-refractivity contribution is -0.116. The van der Waals surface area contributed by atoms with E-state index >= 15 is 0 Å². The summed E-state index contributed by atoms with van der Waals surface area (Å²) >= 11 is 0. The molecule has 1 aliphatic rings. The maximum atomic E-state index is 12.3. The molecule has 1 aliphatic heterocycles. The number of rotatable bonds is 5. The summed E-state index contributed by atoms with van der Waals surface area (Å²) < 4.78 is 16.8. The zero-order valence-corrected chi connectivity index (χ0v) is 15.8. The van der Waals surface area contributed by atoms with E-state index in [2.05, 4.69) is 5.32 Å². The first-order chi connectivity index (χ1) is 13.7. The molecule has 0 aliphatic carbocycles. The van der Waals surface area contributed by atoms with Gasteiger partial charge in [-0.1, -0.05) is 30.3 Å². The van der Waals surface area contributed by atoms with Crippen LogP contribution in [0.1, 0.15) is 23.5 Å². The van der Waals surface area contributed by atoms with E-state index in [0.717, 1.165) is 28.3 Å². The van der Waals surface area contributed by atoms with E-state index < -0.39 is 0 Å². The summed E-state index contributed by atoms with van der Waals surface area (Å²) in [5.41, 5.74) is 2.75. The molecule has 1 N–H and O–H groups in total. The molecule has 0 fully saturated rings. The van der Waals surface area contributed by atoms with E-state index in [9.17, 15) is 4.79 Å². The fourth-order valence-electron chi connectivity index (χ4n) is 3.50. The average molecular weight is 375 g/mol. The molecule has 0 aromatic heterocycles. The van der Waals surface area contributed by atoms with Crippen LogP contribution in [-0.4, -0.2) is 20.1 Å². The van der Waals surface area contributed by atoms with Crippen LogP contribution in [0.5, 0.6) is 23.0 Å². The van der Waals surface area contributed by atoms with Crippen molar-refractivity contribution in [1.82, 2.24) is 0 Å². The normalized spacial score (nSPS) is 15.4. The number of benzene rings is 3. The number of fused-ring (bicyclic) bond motifs is 1. The van der Waals surface area contributed by atoms with Gasteiger partial charge < -0.3 is 19.5 Å². The first-order valence-electron chi connectivity index (χ1n) is 9.06. The van der Waals surface area contributed by atoms with Gasteiger partial charge in [0.2, 0.25) is 5.91 Å². The molecule has 0 saturated carbocycles. The van der Waals surface area contributed by atoms with Crippen molar-refractivity contribution >= 4 is 11.6 Å². The molecule has 0 spiro atoms. The number of amides is 1. The van der Waals surface area contributed by atoms with E-state index in [0.29, 0.717) is 17.9 Å². The average Bonchev–Trinajstić information content (AvgIpc) is 2.73. The summed E-state index contributed by atoms with van der Waals surface area (Å²) in [4.78, 5) is 12.3. The maximum absolute atomic E-state index is 12.3. The van der Waals surface area contributed by atoms with Gasteiger partial charge in [0, 0.05) is 24.1 Å². The van der Waals surface area contributed by atoms with Gasteiger partial charge in [-0.05, 0) is 41.5 Å². The Hall–Kier alpha value is -3.47. The molecular formula is C23H21NO4. The highest BCUT2D eigenvalue weighted by molar-refractivity contribution is 5.96. The number of hydrogen-bond acceptors (Lipinski definition) is 4. The molecule has 28 heavy (non-hydrogen) atoms. The van der Waals surface area contributed by atoms with Crippen molar-refractivity contribution in [3.63, 3.8) is 0 Å². The summed E-state index contributed by atoms with van der Waals surface area (Å²) in [6.45, 7) is 0. The zero-order valence-electron chi connectivity index (χ0n) is 15.8. The van der Waals surface area contributed by atoms with Gasteiger partial charge in [-0.2, -0.15) is 0 Å². The number of ether oxygens (including phenoxy) is 3. The van der Waals surface area contributed by atoms with Crippen molar-refractivity contribution < 1.29 is 19.0 Å². The van der Waals surface area contributed by atoms with Crippen LogP contribution in [-0.2, 0) is 4.79 Å². The molecule has 1 heterocycles. The van der Waals surface area contributed by atoms with E-state index in [4.69, 9.17) is 14.2 Å². The second-order valence-corrected chi connectivity index (χ2v) is 6.59. The smallest absolute Gasteiger partial charge is 0.225 e. The summed E-state index contributed by atoms with van der Waals surface area (Å²) in [6, 6.07) is 21.2. The van der Waals surface area contributed by atoms with Crippen molar-refractivity contribution in [3.05, 3.63) is 77.9 Å². The second-order valence-electron chi connectivity index (χ2n) is 6.59. The Bertz CT molecular complexity index is 1000. The van der Waals surface area contributed by atoms with E-state index in [1.165, 1.54) is 0 Å². The fourth-order valence-corrected chi connectivity index (χ4v) is 3.50. The van der Waals surface area contributed by atoms with Gasteiger partial charge in [-0.25, -0.2) is 0 Å². The van der Waals surface area contributed by atoms with Crippen LogP contribution in [0.25, 0.3) is 0 Å². The van der Waals surface area contributed by atoms with Crippen LogP contribution in [0.4, 0.5) is 5.69 Å². The van der Waals surface area contributed by atoms with Gasteiger partial charge in [0.15, 0.2) is 11.5 Å². The number of nitrogens with one attached hydrogen (secondary N) is 1. The minimum absolute atomic E-state index is 0.0286. The molecule has 5 nitrogen and oxygen atoms in total. The van der Waals surface area contributed by atoms with Gasteiger partial charge in [-0.15, -0.1) is 0 Å². The largest absolute Gasteiger partial charge is 0.493 e. The van der Waals surface area contributed by atoms with Crippen molar-refractivity contribution in [1.29, 1.82) is 0 Å². The monoisotopic (exact) mass is 375 g/mol.